The number of hydrogen-bond acceptors (Lipinski definition) is 5. The number of nitrogens with one attached hydrogen (secondary N) is 2. The van der Waals surface area contributed by atoms with Gasteiger partial charge < -0.3 is 4.90 Å². The molecule has 0 saturated carbocycles. The summed E-state index contributed by atoms with van der Waals surface area (Å²) in [6.07, 6.45) is 6.49. The molecule has 3 rings (SSSR count). The number of aromatic amines is 1. The van der Waals surface area contributed by atoms with Crippen LogP contribution < -0.4 is 9.62 Å². The SMILES string of the molecule is O=S(=O)(Nc1cccnc1N1CCCC1)c1cn[nH]c1. The van der Waals surface area contributed by atoms with Crippen LogP contribution in [0.4, 0.5) is 11.5 Å². The van der Waals surface area contributed by atoms with E-state index < -0.39 is 10.0 Å². The first-order valence-electron chi connectivity index (χ1n) is 6.38. The number of H-pyrrole nitrogens is 1. The van der Waals surface area contributed by atoms with Gasteiger partial charge in [0.1, 0.15) is 4.90 Å². The highest BCUT2D eigenvalue weighted by atomic mass is 32.2. The maximum absolute atomic E-state index is 12.2. The first-order valence-corrected chi connectivity index (χ1v) is 7.87. The van der Waals surface area contributed by atoms with Crippen molar-refractivity contribution in [1.82, 2.24) is 15.2 Å². The highest BCUT2D eigenvalue weighted by Crippen LogP contribution is 2.27. The molecule has 106 valence electrons. The van der Waals surface area contributed by atoms with E-state index in [4.69, 9.17) is 0 Å². The van der Waals surface area contributed by atoms with Gasteiger partial charge in [-0.25, -0.2) is 13.4 Å². The zero-order chi connectivity index (χ0) is 14.0. The average Bonchev–Trinajstić information content (AvgIpc) is 3.13. The molecule has 1 aliphatic heterocycles. The molecular formula is C12H15N5O2S. The molecular weight excluding hydrogens is 278 g/mol. The molecule has 0 spiro atoms. The van der Waals surface area contributed by atoms with Crippen molar-refractivity contribution < 1.29 is 8.42 Å². The summed E-state index contributed by atoms with van der Waals surface area (Å²) in [7, 11) is -3.63. The summed E-state index contributed by atoms with van der Waals surface area (Å²) < 4.78 is 27.0. The summed E-state index contributed by atoms with van der Waals surface area (Å²) in [5.41, 5.74) is 0.496. The highest BCUT2D eigenvalue weighted by molar-refractivity contribution is 7.92. The Labute approximate surface area is 117 Å². The minimum absolute atomic E-state index is 0.105. The molecule has 2 aromatic heterocycles. The van der Waals surface area contributed by atoms with Crippen LogP contribution in [0.1, 0.15) is 12.8 Å². The van der Waals surface area contributed by atoms with Gasteiger partial charge in [0, 0.05) is 25.5 Å². The summed E-state index contributed by atoms with van der Waals surface area (Å²) in [6, 6.07) is 3.44. The zero-order valence-electron chi connectivity index (χ0n) is 10.8. The van der Waals surface area contributed by atoms with Crippen molar-refractivity contribution in [2.75, 3.05) is 22.7 Å². The Morgan fingerprint density at radius 1 is 1.30 bits per heavy atom. The third-order valence-electron chi connectivity index (χ3n) is 3.22. The van der Waals surface area contributed by atoms with E-state index in [0.717, 1.165) is 25.9 Å². The van der Waals surface area contributed by atoms with Crippen LogP contribution in [0.3, 0.4) is 0 Å². The van der Waals surface area contributed by atoms with Gasteiger partial charge in [-0.3, -0.25) is 9.82 Å². The molecule has 8 heteroatoms. The molecule has 0 amide bonds. The van der Waals surface area contributed by atoms with E-state index in [2.05, 4.69) is 24.8 Å². The molecule has 1 aliphatic rings. The molecule has 3 heterocycles. The minimum Gasteiger partial charge on any atom is -0.355 e. The second-order valence-electron chi connectivity index (χ2n) is 4.61. The largest absolute Gasteiger partial charge is 0.355 e. The number of rotatable bonds is 4. The molecule has 1 saturated heterocycles. The number of aromatic nitrogens is 3. The molecule has 1 fully saturated rings. The smallest absolute Gasteiger partial charge is 0.265 e. The molecule has 2 aromatic rings. The Morgan fingerprint density at radius 2 is 2.10 bits per heavy atom. The normalized spacial score (nSPS) is 15.5. The average molecular weight is 293 g/mol. The van der Waals surface area contributed by atoms with Crippen molar-refractivity contribution >= 4 is 21.5 Å². The molecule has 20 heavy (non-hydrogen) atoms. The third kappa shape index (κ3) is 2.46. The lowest BCUT2D eigenvalue weighted by molar-refractivity contribution is 0.601. The summed E-state index contributed by atoms with van der Waals surface area (Å²) >= 11 is 0. The lowest BCUT2D eigenvalue weighted by Gasteiger charge is -2.20. The minimum atomic E-state index is -3.63. The van der Waals surface area contributed by atoms with E-state index in [1.165, 1.54) is 12.4 Å². The Hall–Kier alpha value is -2.09. The van der Waals surface area contributed by atoms with Crippen LogP contribution >= 0.6 is 0 Å². The second-order valence-corrected chi connectivity index (χ2v) is 6.29. The van der Waals surface area contributed by atoms with Crippen molar-refractivity contribution in [1.29, 1.82) is 0 Å². The first kappa shape index (κ1) is 12.9. The molecule has 0 aliphatic carbocycles. The van der Waals surface area contributed by atoms with Gasteiger partial charge in [-0.1, -0.05) is 0 Å². The first-order chi connectivity index (χ1) is 9.67. The van der Waals surface area contributed by atoms with E-state index in [1.54, 1.807) is 18.3 Å². The number of anilines is 2. The van der Waals surface area contributed by atoms with Gasteiger partial charge in [0.15, 0.2) is 5.82 Å². The summed E-state index contributed by atoms with van der Waals surface area (Å²) in [4.78, 5) is 6.50. The lowest BCUT2D eigenvalue weighted by Crippen LogP contribution is -2.22. The fourth-order valence-electron chi connectivity index (χ4n) is 2.25. The Bertz CT molecular complexity index is 678. The summed E-state index contributed by atoms with van der Waals surface area (Å²) in [6.45, 7) is 1.80. The van der Waals surface area contributed by atoms with E-state index in [0.29, 0.717) is 11.5 Å². The van der Waals surface area contributed by atoms with Crippen molar-refractivity contribution in [3.8, 4) is 0 Å². The van der Waals surface area contributed by atoms with Gasteiger partial charge in [-0.05, 0) is 25.0 Å². The van der Waals surface area contributed by atoms with Crippen molar-refractivity contribution in [2.45, 2.75) is 17.7 Å². The summed E-state index contributed by atoms with van der Waals surface area (Å²) in [5, 5.41) is 6.16. The Kier molecular flexibility index (Phi) is 3.31. The number of pyridine rings is 1. The number of sulfonamides is 1. The van der Waals surface area contributed by atoms with Crippen LogP contribution in [-0.2, 0) is 10.0 Å². The monoisotopic (exact) mass is 293 g/mol. The molecule has 0 atom stereocenters. The molecule has 0 unspecified atom stereocenters. The maximum Gasteiger partial charge on any atom is 0.265 e. The third-order valence-corrected chi connectivity index (χ3v) is 4.55. The number of nitrogens with zero attached hydrogens (tertiary/aromatic N) is 3. The van der Waals surface area contributed by atoms with Crippen LogP contribution in [0, 0.1) is 0 Å². The zero-order valence-corrected chi connectivity index (χ0v) is 11.6. The van der Waals surface area contributed by atoms with Crippen LogP contribution in [0.25, 0.3) is 0 Å². The highest BCUT2D eigenvalue weighted by Gasteiger charge is 2.21. The van der Waals surface area contributed by atoms with Gasteiger partial charge in [0.2, 0.25) is 0 Å². The summed E-state index contributed by atoms with van der Waals surface area (Å²) in [5.74, 6) is 0.678. The van der Waals surface area contributed by atoms with Crippen LogP contribution in [-0.4, -0.2) is 36.7 Å². The topological polar surface area (TPSA) is 91.0 Å². The van der Waals surface area contributed by atoms with Gasteiger partial charge in [-0.15, -0.1) is 0 Å². The predicted octanol–water partition coefficient (Wildman–Crippen LogP) is 1.21. The van der Waals surface area contributed by atoms with Gasteiger partial charge in [-0.2, -0.15) is 5.10 Å². The Balaban J connectivity index is 1.91. The molecule has 2 N–H and O–H groups in total. The molecule has 7 nitrogen and oxygen atoms in total. The number of hydrogen-bond donors (Lipinski definition) is 2. The predicted molar refractivity (Wildman–Crippen MR) is 75.1 cm³/mol. The van der Waals surface area contributed by atoms with E-state index >= 15 is 0 Å². The standard InChI is InChI=1S/C12H15N5O2S/c18-20(19,10-8-14-15-9-10)16-11-4-3-5-13-12(11)17-6-1-2-7-17/h3-5,8-9,16H,1-2,6-7H2,(H,14,15). The van der Waals surface area contributed by atoms with Gasteiger partial charge in [0.05, 0.1) is 11.9 Å². The fraction of sp³-hybridized carbons (Fsp3) is 0.333. The van der Waals surface area contributed by atoms with Crippen LogP contribution in [0.5, 0.6) is 0 Å². The van der Waals surface area contributed by atoms with E-state index in [9.17, 15) is 8.42 Å². The quantitative estimate of drug-likeness (QED) is 0.884. The van der Waals surface area contributed by atoms with Gasteiger partial charge in [0.25, 0.3) is 10.0 Å². The lowest BCUT2D eigenvalue weighted by atomic mass is 10.4. The van der Waals surface area contributed by atoms with Crippen LogP contribution in [0.15, 0.2) is 35.6 Å². The molecule has 0 bridgehead atoms. The van der Waals surface area contributed by atoms with E-state index in [1.807, 2.05) is 0 Å². The van der Waals surface area contributed by atoms with Crippen molar-refractivity contribution in [3.63, 3.8) is 0 Å². The van der Waals surface area contributed by atoms with Gasteiger partial charge >= 0.3 is 0 Å². The van der Waals surface area contributed by atoms with Crippen molar-refractivity contribution in [3.05, 3.63) is 30.7 Å². The fourth-order valence-corrected chi connectivity index (χ4v) is 3.21. The maximum atomic E-state index is 12.2. The van der Waals surface area contributed by atoms with Crippen molar-refractivity contribution in [2.24, 2.45) is 0 Å². The van der Waals surface area contributed by atoms with E-state index in [-0.39, 0.29) is 4.90 Å². The second kappa shape index (κ2) is 5.12. The molecule has 0 aromatic carbocycles. The van der Waals surface area contributed by atoms with Crippen LogP contribution in [0.2, 0.25) is 0 Å². The molecule has 0 radical (unpaired) electrons. The Morgan fingerprint density at radius 3 is 2.80 bits per heavy atom.